The minimum Gasteiger partial charge on any atom is -0.495 e. The van der Waals surface area contributed by atoms with Crippen LogP contribution in [-0.4, -0.2) is 33.6 Å². The summed E-state index contributed by atoms with van der Waals surface area (Å²) >= 11 is 0. The Balaban J connectivity index is 1.46. The lowest BCUT2D eigenvalue weighted by Gasteiger charge is -2.19. The summed E-state index contributed by atoms with van der Waals surface area (Å²) in [6, 6.07) is 12.1. The van der Waals surface area contributed by atoms with E-state index >= 15 is 0 Å². The fourth-order valence-electron chi connectivity index (χ4n) is 3.75. The van der Waals surface area contributed by atoms with E-state index in [-0.39, 0.29) is 17.8 Å². The van der Waals surface area contributed by atoms with E-state index < -0.39 is 5.60 Å². The van der Waals surface area contributed by atoms with Crippen molar-refractivity contribution in [3.8, 4) is 17.0 Å². The van der Waals surface area contributed by atoms with E-state index in [1.54, 1.807) is 19.5 Å². The average Bonchev–Trinajstić information content (AvgIpc) is 3.58. The van der Waals surface area contributed by atoms with Crippen molar-refractivity contribution in [2.45, 2.75) is 52.2 Å². The van der Waals surface area contributed by atoms with Gasteiger partial charge in [0.25, 0.3) is 0 Å². The molecule has 3 aromatic rings. The second-order valence-electron chi connectivity index (χ2n) is 9.40. The molecule has 0 amide bonds. The summed E-state index contributed by atoms with van der Waals surface area (Å²) in [5, 5.41) is 3.25. The van der Waals surface area contributed by atoms with E-state index in [4.69, 9.17) is 14.5 Å². The highest BCUT2D eigenvalue weighted by molar-refractivity contribution is 5.78. The zero-order valence-electron chi connectivity index (χ0n) is 19.8. The van der Waals surface area contributed by atoms with Gasteiger partial charge in [0.2, 0.25) is 5.95 Å². The van der Waals surface area contributed by atoms with Crippen LogP contribution in [0.15, 0.2) is 48.8 Å². The van der Waals surface area contributed by atoms with Crippen LogP contribution < -0.4 is 10.1 Å². The number of pyridine rings is 1. The first-order valence-corrected chi connectivity index (χ1v) is 11.1. The molecule has 172 valence electrons. The highest BCUT2D eigenvalue weighted by Gasteiger charge is 2.48. The van der Waals surface area contributed by atoms with Gasteiger partial charge in [0, 0.05) is 30.4 Å². The molecule has 0 saturated heterocycles. The number of carbonyl (C=O) groups excluding carboxylic acids is 1. The summed E-state index contributed by atoms with van der Waals surface area (Å²) in [4.78, 5) is 26.1. The van der Waals surface area contributed by atoms with Gasteiger partial charge in [0.1, 0.15) is 11.4 Å². The first-order valence-electron chi connectivity index (χ1n) is 11.1. The molecule has 0 bridgehead atoms. The molecule has 2 heterocycles. The molecule has 1 N–H and O–H groups in total. The second-order valence-corrected chi connectivity index (χ2v) is 9.40. The van der Waals surface area contributed by atoms with Crippen molar-refractivity contribution in [1.29, 1.82) is 0 Å². The van der Waals surface area contributed by atoms with Gasteiger partial charge in [-0.25, -0.2) is 15.0 Å². The number of carbonyl (C=O) groups is 1. The Bertz CT molecular complexity index is 1140. The minimum absolute atomic E-state index is 0.00839. The molecule has 1 aromatic carbocycles. The predicted molar refractivity (Wildman–Crippen MR) is 127 cm³/mol. The highest BCUT2D eigenvalue weighted by atomic mass is 16.6. The first kappa shape index (κ1) is 22.7. The zero-order chi connectivity index (χ0) is 23.6. The van der Waals surface area contributed by atoms with Gasteiger partial charge < -0.3 is 14.8 Å². The van der Waals surface area contributed by atoms with Crippen LogP contribution in [0, 0.1) is 12.8 Å². The van der Waals surface area contributed by atoms with Crippen molar-refractivity contribution in [1.82, 2.24) is 15.0 Å². The lowest BCUT2D eigenvalue weighted by molar-refractivity contribution is -0.156. The molecule has 4 rings (SSSR count). The number of hydrogen-bond donors (Lipinski definition) is 1. The molecular weight excluding hydrogens is 416 g/mol. The molecule has 7 nitrogen and oxygen atoms in total. The Morgan fingerprint density at radius 3 is 2.58 bits per heavy atom. The quantitative estimate of drug-likeness (QED) is 0.516. The van der Waals surface area contributed by atoms with Crippen molar-refractivity contribution in [3.05, 3.63) is 65.6 Å². The fraction of sp³-hybridized carbons (Fsp3) is 0.385. The fourth-order valence-corrected chi connectivity index (χ4v) is 3.75. The van der Waals surface area contributed by atoms with E-state index in [0.717, 1.165) is 17.0 Å². The second kappa shape index (κ2) is 9.17. The van der Waals surface area contributed by atoms with Crippen LogP contribution in [-0.2, 0) is 16.1 Å². The minimum atomic E-state index is -0.504. The molecular formula is C26H30N4O3. The summed E-state index contributed by atoms with van der Waals surface area (Å²) < 4.78 is 11.1. The van der Waals surface area contributed by atoms with Gasteiger partial charge in [-0.2, -0.15) is 0 Å². The number of benzene rings is 1. The van der Waals surface area contributed by atoms with Crippen molar-refractivity contribution < 1.29 is 14.3 Å². The van der Waals surface area contributed by atoms with Crippen molar-refractivity contribution in [2.24, 2.45) is 5.92 Å². The molecule has 1 aliphatic carbocycles. The average molecular weight is 447 g/mol. The van der Waals surface area contributed by atoms with E-state index in [1.165, 1.54) is 11.1 Å². The third kappa shape index (κ3) is 5.66. The van der Waals surface area contributed by atoms with Gasteiger partial charge in [-0.3, -0.25) is 4.79 Å². The number of aryl methyl sites for hydroxylation is 1. The molecule has 7 heteroatoms. The third-order valence-corrected chi connectivity index (χ3v) is 5.44. The highest BCUT2D eigenvalue weighted by Crippen LogP contribution is 2.51. The zero-order valence-corrected chi connectivity index (χ0v) is 19.8. The number of aromatic nitrogens is 3. The molecule has 1 aliphatic rings. The van der Waals surface area contributed by atoms with E-state index in [0.29, 0.717) is 24.7 Å². The number of rotatable bonds is 7. The van der Waals surface area contributed by atoms with Crippen molar-refractivity contribution in [2.75, 3.05) is 12.4 Å². The molecule has 33 heavy (non-hydrogen) atoms. The monoisotopic (exact) mass is 446 g/mol. The normalized spacial score (nSPS) is 17.4. The summed E-state index contributed by atoms with van der Waals surface area (Å²) in [5.74, 6) is 0.846. The van der Waals surface area contributed by atoms with Crippen LogP contribution in [0.1, 0.15) is 49.9 Å². The van der Waals surface area contributed by atoms with Crippen LogP contribution >= 0.6 is 0 Å². The summed E-state index contributed by atoms with van der Waals surface area (Å²) in [5.41, 5.74) is 4.20. The van der Waals surface area contributed by atoms with Gasteiger partial charge in [-0.15, -0.1) is 0 Å². The Morgan fingerprint density at radius 2 is 1.91 bits per heavy atom. The van der Waals surface area contributed by atoms with E-state index in [9.17, 15) is 4.79 Å². The number of methoxy groups -OCH3 is 1. The molecule has 0 radical (unpaired) electrons. The molecule has 1 fully saturated rings. The third-order valence-electron chi connectivity index (χ3n) is 5.44. The van der Waals surface area contributed by atoms with E-state index in [1.807, 2.05) is 39.0 Å². The SMILES string of the molecule is COc1ccc(-c2cnc(NCc3cccc(C)c3)nc2)nc1[C@H]1C[C@@H]1C(=O)OC(C)(C)C. The Morgan fingerprint density at radius 1 is 1.15 bits per heavy atom. The molecule has 0 unspecified atom stereocenters. The van der Waals surface area contributed by atoms with Crippen LogP contribution in [0.25, 0.3) is 11.3 Å². The molecule has 0 spiro atoms. The maximum Gasteiger partial charge on any atom is 0.310 e. The number of nitrogens with zero attached hydrogens (tertiary/aromatic N) is 3. The predicted octanol–water partition coefficient (Wildman–Crippen LogP) is 4.91. The molecule has 1 saturated carbocycles. The largest absolute Gasteiger partial charge is 0.495 e. The van der Waals surface area contributed by atoms with E-state index in [2.05, 4.69) is 40.4 Å². The first-order chi connectivity index (χ1) is 15.7. The smallest absolute Gasteiger partial charge is 0.310 e. The maximum absolute atomic E-state index is 12.5. The van der Waals surface area contributed by atoms with Gasteiger partial charge in [-0.1, -0.05) is 29.8 Å². The summed E-state index contributed by atoms with van der Waals surface area (Å²) in [6.07, 6.45) is 4.21. The van der Waals surface area contributed by atoms with Gasteiger partial charge in [0.15, 0.2) is 0 Å². The standard InChI is InChI=1S/C26H30N4O3/c1-16-7-6-8-17(11-16)13-27-25-28-14-18(15-29-25)21-9-10-22(32-5)23(30-21)19-12-20(19)24(31)33-26(2,3)4/h6-11,14-15,19-20H,12-13H2,1-5H3,(H,27,28,29)/t19-,20-/m0/s1. The van der Waals surface area contributed by atoms with Gasteiger partial charge >= 0.3 is 5.97 Å². The van der Waals surface area contributed by atoms with Crippen LogP contribution in [0.3, 0.4) is 0 Å². The lowest BCUT2D eigenvalue weighted by Crippen LogP contribution is -2.25. The van der Waals surface area contributed by atoms with Gasteiger partial charge in [-0.05, 0) is 51.8 Å². The van der Waals surface area contributed by atoms with Crippen molar-refractivity contribution >= 4 is 11.9 Å². The van der Waals surface area contributed by atoms with Crippen LogP contribution in [0.2, 0.25) is 0 Å². The Hall–Kier alpha value is -3.48. The van der Waals surface area contributed by atoms with Crippen molar-refractivity contribution in [3.63, 3.8) is 0 Å². The number of nitrogens with one attached hydrogen (secondary N) is 1. The topological polar surface area (TPSA) is 86.2 Å². The Kier molecular flexibility index (Phi) is 6.31. The number of anilines is 1. The van der Waals surface area contributed by atoms with Crippen LogP contribution in [0.5, 0.6) is 5.75 Å². The molecule has 0 aliphatic heterocycles. The number of hydrogen-bond acceptors (Lipinski definition) is 7. The summed E-state index contributed by atoms with van der Waals surface area (Å²) in [6.45, 7) is 8.35. The number of esters is 1. The maximum atomic E-state index is 12.5. The number of ether oxygens (including phenoxy) is 2. The lowest BCUT2D eigenvalue weighted by atomic mass is 10.1. The molecule has 2 aromatic heterocycles. The van der Waals surface area contributed by atoms with Crippen LogP contribution in [0.4, 0.5) is 5.95 Å². The van der Waals surface area contributed by atoms with Gasteiger partial charge in [0.05, 0.1) is 24.4 Å². The summed E-state index contributed by atoms with van der Waals surface area (Å²) in [7, 11) is 1.61. The molecule has 2 atom stereocenters. The Labute approximate surface area is 194 Å².